The molecule has 0 spiro atoms. The van der Waals surface area contributed by atoms with Gasteiger partial charge in [0.2, 0.25) is 5.89 Å². The van der Waals surface area contributed by atoms with E-state index in [1.54, 1.807) is 18.2 Å². The highest BCUT2D eigenvalue weighted by Crippen LogP contribution is 2.28. The Hall–Kier alpha value is -2.88. The molecule has 7 nitrogen and oxygen atoms in total. The number of carbonyl (C=O) groups is 2. The number of anilines is 1. The first-order valence-corrected chi connectivity index (χ1v) is 9.48. The molecule has 0 amide bonds. The van der Waals surface area contributed by atoms with Crippen molar-refractivity contribution < 1.29 is 23.5 Å². The van der Waals surface area contributed by atoms with E-state index in [1.165, 1.54) is 20.0 Å². The number of hydrogen-bond donors (Lipinski definition) is 1. The van der Waals surface area contributed by atoms with Gasteiger partial charge in [0.15, 0.2) is 11.2 Å². The standard InChI is InChI=1S/C20H15IN2O5/c1-20(2)27-18(24)14(19(25)28-20)10-22-13-6-7-16-15(9-13)23-17(26-16)11-4-3-5-12(21)8-11/h3-10,22H,1-2H3. The van der Waals surface area contributed by atoms with Crippen molar-refractivity contribution in [3.8, 4) is 11.5 Å². The first kappa shape index (κ1) is 18.5. The molecule has 142 valence electrons. The quantitative estimate of drug-likeness (QED) is 0.254. The fraction of sp³-hybridized carbons (Fsp3) is 0.150. The largest absolute Gasteiger partial charge is 0.436 e. The summed E-state index contributed by atoms with van der Waals surface area (Å²) in [5, 5.41) is 2.91. The van der Waals surface area contributed by atoms with Gasteiger partial charge in [0, 0.05) is 34.9 Å². The maximum Gasteiger partial charge on any atom is 0.350 e. The molecule has 1 aliphatic rings. The Morgan fingerprint density at radius 3 is 2.54 bits per heavy atom. The molecular weight excluding hydrogens is 475 g/mol. The normalized spacial score (nSPS) is 15.9. The molecule has 0 saturated carbocycles. The predicted molar refractivity (Wildman–Crippen MR) is 110 cm³/mol. The van der Waals surface area contributed by atoms with Crippen LogP contribution < -0.4 is 5.32 Å². The van der Waals surface area contributed by atoms with E-state index in [0.717, 1.165) is 9.13 Å². The first-order valence-electron chi connectivity index (χ1n) is 8.41. The number of benzene rings is 2. The van der Waals surface area contributed by atoms with E-state index in [2.05, 4.69) is 32.9 Å². The minimum absolute atomic E-state index is 0.209. The van der Waals surface area contributed by atoms with Crippen molar-refractivity contribution in [3.63, 3.8) is 0 Å². The highest BCUT2D eigenvalue weighted by Gasteiger charge is 2.38. The fourth-order valence-corrected chi connectivity index (χ4v) is 3.24. The molecule has 4 rings (SSSR count). The summed E-state index contributed by atoms with van der Waals surface area (Å²) < 4.78 is 17.0. The number of halogens is 1. The van der Waals surface area contributed by atoms with E-state index in [0.29, 0.717) is 22.7 Å². The Morgan fingerprint density at radius 2 is 1.82 bits per heavy atom. The monoisotopic (exact) mass is 490 g/mol. The lowest BCUT2D eigenvalue weighted by Gasteiger charge is -2.29. The number of esters is 2. The van der Waals surface area contributed by atoms with Crippen molar-refractivity contribution in [1.82, 2.24) is 4.98 Å². The van der Waals surface area contributed by atoms with Gasteiger partial charge in [0.05, 0.1) is 0 Å². The molecule has 28 heavy (non-hydrogen) atoms. The lowest BCUT2D eigenvalue weighted by molar-refractivity contribution is -0.222. The molecule has 0 bridgehead atoms. The van der Waals surface area contributed by atoms with Crippen LogP contribution in [0.5, 0.6) is 0 Å². The van der Waals surface area contributed by atoms with Crippen LogP contribution in [0.1, 0.15) is 13.8 Å². The number of aromatic nitrogens is 1. The maximum atomic E-state index is 12.0. The number of rotatable bonds is 3. The molecule has 8 heteroatoms. The molecule has 1 fully saturated rings. The minimum atomic E-state index is -1.27. The van der Waals surface area contributed by atoms with Crippen molar-refractivity contribution >= 4 is 51.3 Å². The van der Waals surface area contributed by atoms with Gasteiger partial charge in [-0.25, -0.2) is 14.6 Å². The summed E-state index contributed by atoms with van der Waals surface area (Å²) in [7, 11) is 0. The number of carbonyl (C=O) groups excluding carboxylic acids is 2. The van der Waals surface area contributed by atoms with Gasteiger partial charge in [-0.1, -0.05) is 6.07 Å². The van der Waals surface area contributed by atoms with Gasteiger partial charge in [-0.3, -0.25) is 0 Å². The van der Waals surface area contributed by atoms with Gasteiger partial charge in [0.25, 0.3) is 5.79 Å². The molecule has 1 saturated heterocycles. The van der Waals surface area contributed by atoms with Crippen LogP contribution in [0.2, 0.25) is 0 Å². The Morgan fingerprint density at radius 1 is 1.07 bits per heavy atom. The molecule has 0 unspecified atom stereocenters. The topological polar surface area (TPSA) is 90.7 Å². The lowest BCUT2D eigenvalue weighted by Crippen LogP contribution is -2.42. The van der Waals surface area contributed by atoms with Gasteiger partial charge in [0.1, 0.15) is 5.52 Å². The van der Waals surface area contributed by atoms with E-state index < -0.39 is 17.7 Å². The molecule has 0 aliphatic carbocycles. The lowest BCUT2D eigenvalue weighted by atomic mass is 10.2. The Labute approximate surface area is 173 Å². The van der Waals surface area contributed by atoms with Crippen molar-refractivity contribution in [2.75, 3.05) is 5.32 Å². The van der Waals surface area contributed by atoms with Crippen LogP contribution in [-0.2, 0) is 19.1 Å². The smallest absolute Gasteiger partial charge is 0.350 e. The van der Waals surface area contributed by atoms with E-state index in [4.69, 9.17) is 13.9 Å². The molecule has 1 N–H and O–H groups in total. The minimum Gasteiger partial charge on any atom is -0.436 e. The summed E-state index contributed by atoms with van der Waals surface area (Å²) in [5.41, 5.74) is 2.58. The third kappa shape index (κ3) is 3.72. The highest BCUT2D eigenvalue weighted by atomic mass is 127. The third-order valence-electron chi connectivity index (χ3n) is 3.96. The molecule has 2 aromatic carbocycles. The molecule has 1 aliphatic heterocycles. The second kappa shape index (κ2) is 6.93. The second-order valence-corrected chi connectivity index (χ2v) is 7.84. The zero-order valence-corrected chi connectivity index (χ0v) is 17.1. The van der Waals surface area contributed by atoms with Gasteiger partial charge in [-0.05, 0) is 59.0 Å². The van der Waals surface area contributed by atoms with E-state index in [9.17, 15) is 9.59 Å². The van der Waals surface area contributed by atoms with Crippen LogP contribution in [0.3, 0.4) is 0 Å². The Bertz CT molecular complexity index is 1110. The van der Waals surface area contributed by atoms with Gasteiger partial charge >= 0.3 is 11.9 Å². The molecule has 3 aromatic rings. The zero-order valence-electron chi connectivity index (χ0n) is 15.0. The number of hydrogen-bond acceptors (Lipinski definition) is 7. The van der Waals surface area contributed by atoms with Crippen LogP contribution >= 0.6 is 22.6 Å². The molecule has 2 heterocycles. The van der Waals surface area contributed by atoms with Gasteiger partial charge < -0.3 is 19.2 Å². The number of nitrogens with zero attached hydrogens (tertiary/aromatic N) is 1. The Kier molecular flexibility index (Phi) is 4.58. The summed E-state index contributed by atoms with van der Waals surface area (Å²) in [6.45, 7) is 2.99. The summed E-state index contributed by atoms with van der Waals surface area (Å²) in [6.07, 6.45) is 1.27. The summed E-state index contributed by atoms with van der Waals surface area (Å²) in [4.78, 5) is 28.5. The van der Waals surface area contributed by atoms with E-state index in [-0.39, 0.29) is 5.57 Å². The molecule has 1 aromatic heterocycles. The third-order valence-corrected chi connectivity index (χ3v) is 4.63. The van der Waals surface area contributed by atoms with Crippen molar-refractivity contribution in [1.29, 1.82) is 0 Å². The second-order valence-electron chi connectivity index (χ2n) is 6.59. The number of ether oxygens (including phenoxy) is 2. The predicted octanol–water partition coefficient (Wildman–Crippen LogP) is 4.23. The number of cyclic esters (lactones) is 2. The van der Waals surface area contributed by atoms with Crippen molar-refractivity contribution in [3.05, 3.63) is 57.8 Å². The van der Waals surface area contributed by atoms with Crippen LogP contribution in [0.25, 0.3) is 22.6 Å². The van der Waals surface area contributed by atoms with E-state index >= 15 is 0 Å². The molecule has 0 radical (unpaired) electrons. The Balaban J connectivity index is 1.59. The van der Waals surface area contributed by atoms with Crippen LogP contribution in [0.15, 0.2) is 58.7 Å². The highest BCUT2D eigenvalue weighted by molar-refractivity contribution is 14.1. The maximum absolute atomic E-state index is 12.0. The number of fused-ring (bicyclic) bond motifs is 1. The van der Waals surface area contributed by atoms with Gasteiger partial charge in [-0.2, -0.15) is 0 Å². The van der Waals surface area contributed by atoms with Crippen molar-refractivity contribution in [2.24, 2.45) is 0 Å². The average molecular weight is 490 g/mol. The summed E-state index contributed by atoms with van der Waals surface area (Å²) >= 11 is 2.23. The van der Waals surface area contributed by atoms with Crippen LogP contribution in [-0.4, -0.2) is 22.7 Å². The zero-order chi connectivity index (χ0) is 19.9. The van der Waals surface area contributed by atoms with Crippen LogP contribution in [0, 0.1) is 3.57 Å². The number of nitrogens with one attached hydrogen (secondary N) is 1. The molecular formula is C20H15IN2O5. The summed E-state index contributed by atoms with van der Waals surface area (Å²) in [5.74, 6) is -2.23. The summed E-state index contributed by atoms with van der Waals surface area (Å²) in [6, 6.07) is 13.1. The average Bonchev–Trinajstić information content (AvgIpc) is 3.03. The molecule has 0 atom stereocenters. The van der Waals surface area contributed by atoms with Crippen molar-refractivity contribution in [2.45, 2.75) is 19.6 Å². The van der Waals surface area contributed by atoms with Gasteiger partial charge in [-0.15, -0.1) is 0 Å². The van der Waals surface area contributed by atoms with Crippen LogP contribution in [0.4, 0.5) is 5.69 Å². The fourth-order valence-electron chi connectivity index (χ4n) is 2.70. The number of oxazole rings is 1. The first-order chi connectivity index (χ1) is 13.3. The van der Waals surface area contributed by atoms with E-state index in [1.807, 2.05) is 24.3 Å². The SMILES string of the molecule is CC1(C)OC(=O)C(=CNc2ccc3oc(-c4cccc(I)c4)nc3c2)C(=O)O1.